The molecule has 0 saturated heterocycles. The Morgan fingerprint density at radius 1 is 1.47 bits per heavy atom. The molecule has 0 aromatic carbocycles. The number of hydrogen-bond donors (Lipinski definition) is 0. The molecule has 0 amide bonds. The van der Waals surface area contributed by atoms with Crippen molar-refractivity contribution in [3.05, 3.63) is 30.2 Å². The SMILES string of the molecule is CCCOC(=O)C#CC1=C[CH]C(OC(C)CC)C=C1. The molecule has 2 atom stereocenters. The van der Waals surface area contributed by atoms with Crippen molar-refractivity contribution < 1.29 is 14.3 Å². The average Bonchev–Trinajstić information content (AvgIpc) is 2.44. The van der Waals surface area contributed by atoms with Crippen LogP contribution in [0.4, 0.5) is 0 Å². The zero-order valence-corrected chi connectivity index (χ0v) is 11.8. The van der Waals surface area contributed by atoms with Crippen molar-refractivity contribution in [3.8, 4) is 11.8 Å². The molecule has 0 heterocycles. The third kappa shape index (κ3) is 6.26. The molecule has 1 rings (SSSR count). The summed E-state index contributed by atoms with van der Waals surface area (Å²) in [5.74, 6) is 4.77. The van der Waals surface area contributed by atoms with Crippen LogP contribution in [0.1, 0.15) is 33.6 Å². The summed E-state index contributed by atoms with van der Waals surface area (Å²) in [4.78, 5) is 11.2. The van der Waals surface area contributed by atoms with Gasteiger partial charge in [0.2, 0.25) is 0 Å². The van der Waals surface area contributed by atoms with Crippen LogP contribution in [0.25, 0.3) is 0 Å². The van der Waals surface area contributed by atoms with Gasteiger partial charge in [0.15, 0.2) is 0 Å². The Labute approximate surface area is 115 Å². The van der Waals surface area contributed by atoms with Crippen LogP contribution in [0.3, 0.4) is 0 Å². The summed E-state index contributed by atoms with van der Waals surface area (Å²) >= 11 is 0. The maximum Gasteiger partial charge on any atom is 0.384 e. The first-order valence-corrected chi connectivity index (χ1v) is 6.73. The van der Waals surface area contributed by atoms with Crippen molar-refractivity contribution in [2.24, 2.45) is 0 Å². The molecule has 3 heteroatoms. The van der Waals surface area contributed by atoms with E-state index in [0.717, 1.165) is 18.4 Å². The van der Waals surface area contributed by atoms with Crippen molar-refractivity contribution in [3.63, 3.8) is 0 Å². The van der Waals surface area contributed by atoms with E-state index < -0.39 is 5.97 Å². The van der Waals surface area contributed by atoms with E-state index in [1.807, 2.05) is 38.5 Å². The van der Waals surface area contributed by atoms with Crippen LogP contribution in [0.2, 0.25) is 0 Å². The highest BCUT2D eigenvalue weighted by molar-refractivity contribution is 5.89. The van der Waals surface area contributed by atoms with Gasteiger partial charge in [0.1, 0.15) is 0 Å². The predicted molar refractivity (Wildman–Crippen MR) is 75.2 cm³/mol. The second-order valence-electron chi connectivity index (χ2n) is 4.38. The van der Waals surface area contributed by atoms with Crippen LogP contribution < -0.4 is 0 Å². The fourth-order valence-corrected chi connectivity index (χ4v) is 1.41. The van der Waals surface area contributed by atoms with E-state index in [0.29, 0.717) is 6.61 Å². The number of hydrogen-bond acceptors (Lipinski definition) is 3. The van der Waals surface area contributed by atoms with Crippen molar-refractivity contribution in [1.29, 1.82) is 0 Å². The monoisotopic (exact) mass is 261 g/mol. The van der Waals surface area contributed by atoms with E-state index in [2.05, 4.69) is 18.8 Å². The van der Waals surface area contributed by atoms with Crippen LogP contribution in [-0.4, -0.2) is 24.8 Å². The largest absolute Gasteiger partial charge is 0.456 e. The zero-order chi connectivity index (χ0) is 14.1. The van der Waals surface area contributed by atoms with E-state index >= 15 is 0 Å². The molecular formula is C16H21O3. The Balaban J connectivity index is 2.42. The molecule has 0 bridgehead atoms. The number of esters is 1. The molecule has 0 N–H and O–H groups in total. The number of carbonyl (C=O) groups excluding carboxylic acids is 1. The predicted octanol–water partition coefficient (Wildman–Crippen LogP) is 2.83. The van der Waals surface area contributed by atoms with Crippen molar-refractivity contribution in [2.75, 3.05) is 6.61 Å². The lowest BCUT2D eigenvalue weighted by Crippen LogP contribution is -2.18. The molecule has 3 nitrogen and oxygen atoms in total. The van der Waals surface area contributed by atoms with Crippen LogP contribution in [0, 0.1) is 18.3 Å². The number of rotatable bonds is 5. The van der Waals surface area contributed by atoms with Gasteiger partial charge in [-0.15, -0.1) is 0 Å². The highest BCUT2D eigenvalue weighted by atomic mass is 16.5. The van der Waals surface area contributed by atoms with Gasteiger partial charge in [-0.05, 0) is 25.8 Å². The molecule has 1 radical (unpaired) electrons. The van der Waals surface area contributed by atoms with Crippen LogP contribution in [-0.2, 0) is 14.3 Å². The maximum absolute atomic E-state index is 11.2. The summed E-state index contributed by atoms with van der Waals surface area (Å²) in [6.07, 6.45) is 9.63. The zero-order valence-electron chi connectivity index (χ0n) is 11.8. The lowest BCUT2D eigenvalue weighted by molar-refractivity contribution is -0.136. The molecule has 0 aromatic heterocycles. The Morgan fingerprint density at radius 2 is 2.26 bits per heavy atom. The molecule has 1 aliphatic carbocycles. The maximum atomic E-state index is 11.2. The van der Waals surface area contributed by atoms with Gasteiger partial charge in [0.05, 0.1) is 18.8 Å². The summed E-state index contributed by atoms with van der Waals surface area (Å²) in [7, 11) is 0. The Hall–Kier alpha value is -1.53. The van der Waals surface area contributed by atoms with Gasteiger partial charge in [0.25, 0.3) is 0 Å². The lowest BCUT2D eigenvalue weighted by Gasteiger charge is -2.19. The molecule has 0 aliphatic heterocycles. The van der Waals surface area contributed by atoms with Gasteiger partial charge in [-0.25, -0.2) is 4.79 Å². The minimum Gasteiger partial charge on any atom is -0.456 e. The van der Waals surface area contributed by atoms with Crippen molar-refractivity contribution >= 4 is 5.97 Å². The molecule has 2 unspecified atom stereocenters. The fraction of sp³-hybridized carbons (Fsp3) is 0.500. The first-order valence-electron chi connectivity index (χ1n) is 6.73. The highest BCUT2D eigenvalue weighted by Gasteiger charge is 2.11. The smallest absolute Gasteiger partial charge is 0.384 e. The van der Waals surface area contributed by atoms with Gasteiger partial charge < -0.3 is 9.47 Å². The topological polar surface area (TPSA) is 35.5 Å². The normalized spacial score (nSPS) is 19.1. The van der Waals surface area contributed by atoms with E-state index in [4.69, 9.17) is 9.47 Å². The van der Waals surface area contributed by atoms with Crippen LogP contribution in [0.15, 0.2) is 23.8 Å². The summed E-state index contributed by atoms with van der Waals surface area (Å²) < 4.78 is 10.6. The minimum absolute atomic E-state index is 0.00690. The second kappa shape index (κ2) is 8.55. The first kappa shape index (κ1) is 15.5. The molecule has 1 aliphatic rings. The third-order valence-corrected chi connectivity index (χ3v) is 2.64. The van der Waals surface area contributed by atoms with Crippen LogP contribution in [0.5, 0.6) is 0 Å². The van der Waals surface area contributed by atoms with Gasteiger partial charge in [-0.1, -0.05) is 31.9 Å². The van der Waals surface area contributed by atoms with E-state index in [9.17, 15) is 4.79 Å². The molecule has 19 heavy (non-hydrogen) atoms. The first-order chi connectivity index (χ1) is 9.15. The molecular weight excluding hydrogens is 240 g/mol. The molecule has 0 fully saturated rings. The van der Waals surface area contributed by atoms with E-state index in [-0.39, 0.29) is 12.2 Å². The summed E-state index contributed by atoms with van der Waals surface area (Å²) in [5, 5.41) is 0. The average molecular weight is 261 g/mol. The van der Waals surface area contributed by atoms with Crippen LogP contribution >= 0.6 is 0 Å². The van der Waals surface area contributed by atoms with E-state index in [1.165, 1.54) is 0 Å². The third-order valence-electron chi connectivity index (χ3n) is 2.64. The minimum atomic E-state index is -0.478. The number of allylic oxidation sites excluding steroid dienone is 2. The summed E-state index contributed by atoms with van der Waals surface area (Å²) in [5.41, 5.74) is 0.789. The number of carbonyl (C=O) groups is 1. The summed E-state index contributed by atoms with van der Waals surface area (Å²) in [6.45, 7) is 6.50. The standard InChI is InChI=1S/C16H21O3/c1-4-12-18-16(17)11-8-14-6-9-15(10-7-14)19-13(3)5-2/h6-7,9-10,13,15H,4-5,12H2,1-3H3. The van der Waals surface area contributed by atoms with Crippen molar-refractivity contribution in [1.82, 2.24) is 0 Å². The fourth-order valence-electron chi connectivity index (χ4n) is 1.41. The Kier molecular flexibility index (Phi) is 6.99. The Bertz CT molecular complexity index is 409. The highest BCUT2D eigenvalue weighted by Crippen LogP contribution is 2.14. The van der Waals surface area contributed by atoms with Gasteiger partial charge in [-0.2, -0.15) is 0 Å². The molecule has 103 valence electrons. The number of ether oxygens (including phenoxy) is 2. The summed E-state index contributed by atoms with van der Waals surface area (Å²) in [6, 6.07) is 0. The molecule has 0 spiro atoms. The van der Waals surface area contributed by atoms with Crippen molar-refractivity contribution in [2.45, 2.75) is 45.8 Å². The van der Waals surface area contributed by atoms with E-state index in [1.54, 1.807) is 0 Å². The lowest BCUT2D eigenvalue weighted by atomic mass is 10.1. The molecule has 0 saturated carbocycles. The van der Waals surface area contributed by atoms with Gasteiger partial charge in [-0.3, -0.25) is 0 Å². The van der Waals surface area contributed by atoms with Gasteiger partial charge >= 0.3 is 5.97 Å². The van der Waals surface area contributed by atoms with Gasteiger partial charge in [0, 0.05) is 17.9 Å². The quantitative estimate of drug-likeness (QED) is 0.434. The molecule has 0 aromatic rings. The Morgan fingerprint density at radius 3 is 2.84 bits per heavy atom. The second-order valence-corrected chi connectivity index (χ2v) is 4.38.